The molecule has 0 amide bonds. The second-order valence-corrected chi connectivity index (χ2v) is 11.0. The average molecular weight is 574 g/mol. The number of esters is 1. The molecule has 5 rings (SSSR count). The quantitative estimate of drug-likeness (QED) is 0.309. The van der Waals surface area contributed by atoms with E-state index < -0.39 is 36.3 Å². The first-order valence-electron chi connectivity index (χ1n) is 11.4. The monoisotopic (exact) mass is 573 g/mol. The molecule has 3 fully saturated rings. The highest BCUT2D eigenvalue weighted by atomic mass is 32.1. The number of carbonyl (C=O) groups excluding carboxylic acids is 2. The molecule has 5 heterocycles. The van der Waals surface area contributed by atoms with Crippen LogP contribution in [-0.2, 0) is 19.9 Å². The molecule has 1 atom stereocenters. The van der Waals surface area contributed by atoms with Crippen LogP contribution in [0.5, 0.6) is 0 Å². The Morgan fingerprint density at radius 3 is 1.95 bits per heavy atom. The second-order valence-electron chi connectivity index (χ2n) is 9.15. The summed E-state index contributed by atoms with van der Waals surface area (Å²) in [5.74, 6) is -3.50. The first-order chi connectivity index (χ1) is 17.2. The molecule has 3 aliphatic rings. The van der Waals surface area contributed by atoms with Crippen molar-refractivity contribution in [2.45, 2.75) is 49.7 Å². The minimum atomic E-state index is -5.19. The molecule has 2 bridgehead atoms. The number of quaternary nitrogens is 1. The largest absolute Gasteiger partial charge is 0.542 e. The van der Waals surface area contributed by atoms with E-state index in [1.807, 2.05) is 0 Å². The van der Waals surface area contributed by atoms with E-state index in [2.05, 4.69) is 0 Å². The molecule has 0 unspecified atom stereocenters. The van der Waals surface area contributed by atoms with Crippen LogP contribution >= 0.6 is 22.7 Å². The molecule has 6 nitrogen and oxygen atoms in total. The Kier molecular flexibility index (Phi) is 8.97. The van der Waals surface area contributed by atoms with Gasteiger partial charge < -0.3 is 24.2 Å². The summed E-state index contributed by atoms with van der Waals surface area (Å²) >= 11 is 2.58. The fourth-order valence-corrected chi connectivity index (χ4v) is 6.51. The van der Waals surface area contributed by atoms with Crippen molar-refractivity contribution < 1.29 is 55.4 Å². The van der Waals surface area contributed by atoms with Crippen LogP contribution in [0.1, 0.15) is 35.4 Å². The van der Waals surface area contributed by atoms with Crippen LogP contribution in [0, 0.1) is 5.92 Å². The minimum Gasteiger partial charge on any atom is -0.542 e. The van der Waals surface area contributed by atoms with E-state index in [4.69, 9.17) is 14.6 Å². The smallest absolute Gasteiger partial charge is 0.430 e. The van der Waals surface area contributed by atoms with E-state index in [1.165, 1.54) is 22.7 Å². The number of fused-ring (bicyclic) bond motifs is 3. The Balaban J connectivity index is 0.000000479. The lowest BCUT2D eigenvalue weighted by molar-refractivity contribution is -0.946. The molecule has 206 valence electrons. The van der Waals surface area contributed by atoms with Crippen LogP contribution in [0.4, 0.5) is 26.3 Å². The lowest BCUT2D eigenvalue weighted by Crippen LogP contribution is -2.65. The molecule has 2 aromatic rings. The molecular weight excluding hydrogens is 548 g/mol. The number of rotatable bonds is 7. The van der Waals surface area contributed by atoms with Gasteiger partial charge in [0.2, 0.25) is 5.60 Å². The standard InChI is InChI=1S/C21H25F3NO3S2.C2HF3O2/c22-20(23,24)8-3-9-25-10-6-15(7-11-25)16(14-25)28-19(26)21(27,17-4-1-12-29-17)18-5-2-13-30-18;3-2(4,5)1(6)7/h1-2,4-5,12-13,15-16,27H,3,6-11,14H2;(H,6,7)/q+1;/p-1/t15?,16-,25?;/m0./s1. The Bertz CT molecular complexity index is 997. The SMILES string of the molecule is O=C(O[C@H]1C[N+]2(CCCC(F)(F)F)CCC1CC2)C(O)(c1cccs1)c1cccs1.O=C([O-])C(F)(F)F. The van der Waals surface area contributed by atoms with E-state index in [1.54, 1.807) is 35.0 Å². The van der Waals surface area contributed by atoms with E-state index in [9.17, 15) is 36.2 Å². The molecular formula is C23H25F6NO5S2. The maximum atomic E-state index is 13.2. The number of carboxylic acid groups (broad SMARTS) is 1. The van der Waals surface area contributed by atoms with E-state index in [-0.39, 0.29) is 18.4 Å². The highest BCUT2D eigenvalue weighted by molar-refractivity contribution is 7.12. The van der Waals surface area contributed by atoms with Gasteiger partial charge in [-0.3, -0.25) is 0 Å². The number of nitrogens with zero attached hydrogens (tertiary/aromatic N) is 1. The topological polar surface area (TPSA) is 86.7 Å². The van der Waals surface area contributed by atoms with Crippen LogP contribution in [0.3, 0.4) is 0 Å². The Morgan fingerprint density at radius 2 is 1.54 bits per heavy atom. The third-order valence-corrected chi connectivity index (χ3v) is 8.63. The van der Waals surface area contributed by atoms with E-state index >= 15 is 0 Å². The van der Waals surface area contributed by atoms with Gasteiger partial charge >= 0.3 is 18.3 Å². The molecule has 37 heavy (non-hydrogen) atoms. The van der Waals surface area contributed by atoms with Crippen LogP contribution in [0.15, 0.2) is 35.0 Å². The molecule has 0 aliphatic carbocycles. The minimum absolute atomic E-state index is 0.0865. The maximum absolute atomic E-state index is 13.2. The van der Waals surface area contributed by atoms with Gasteiger partial charge in [-0.05, 0) is 22.9 Å². The fourth-order valence-electron chi connectivity index (χ4n) is 4.80. The number of thiophene rings is 2. The summed E-state index contributed by atoms with van der Waals surface area (Å²) in [6.45, 7) is 2.63. The lowest BCUT2D eigenvalue weighted by atomic mass is 9.83. The molecule has 0 radical (unpaired) electrons. The number of aliphatic hydroxyl groups is 1. The number of hydrogen-bond donors (Lipinski definition) is 1. The Labute approximate surface area is 216 Å². The van der Waals surface area contributed by atoms with Gasteiger partial charge in [-0.2, -0.15) is 26.3 Å². The summed E-state index contributed by atoms with van der Waals surface area (Å²) in [5.41, 5.74) is -1.85. The van der Waals surface area contributed by atoms with Gasteiger partial charge in [-0.15, -0.1) is 22.7 Å². The van der Waals surface area contributed by atoms with Gasteiger partial charge in [-0.1, -0.05) is 12.1 Å². The molecule has 3 saturated heterocycles. The zero-order valence-corrected chi connectivity index (χ0v) is 21.0. The van der Waals surface area contributed by atoms with Crippen molar-refractivity contribution in [1.82, 2.24) is 0 Å². The third-order valence-electron chi connectivity index (χ3n) is 6.68. The molecule has 1 N–H and O–H groups in total. The summed E-state index contributed by atoms with van der Waals surface area (Å²) < 4.78 is 75.8. The third kappa shape index (κ3) is 7.24. The number of halogens is 6. The molecule has 14 heteroatoms. The van der Waals surface area contributed by atoms with E-state index in [0.29, 0.717) is 27.3 Å². The lowest BCUT2D eigenvalue weighted by Gasteiger charge is -2.52. The molecule has 0 spiro atoms. The van der Waals surface area contributed by atoms with Crippen LogP contribution < -0.4 is 5.11 Å². The number of carbonyl (C=O) groups is 2. The van der Waals surface area contributed by atoms with Crippen LogP contribution in [0.25, 0.3) is 0 Å². The van der Waals surface area contributed by atoms with Crippen molar-refractivity contribution >= 4 is 34.6 Å². The Hall–Kier alpha value is -2.16. The van der Waals surface area contributed by atoms with Crippen LogP contribution in [-0.4, -0.2) is 66.2 Å². The van der Waals surface area contributed by atoms with Crippen molar-refractivity contribution in [3.05, 3.63) is 44.8 Å². The average Bonchev–Trinajstić information content (AvgIpc) is 3.53. The van der Waals surface area contributed by atoms with Gasteiger partial charge in [0.15, 0.2) is 6.10 Å². The van der Waals surface area contributed by atoms with Gasteiger partial charge in [0.05, 0.1) is 29.4 Å². The zero-order valence-electron chi connectivity index (χ0n) is 19.4. The van der Waals surface area contributed by atoms with Gasteiger partial charge in [0.25, 0.3) is 0 Å². The number of hydrogen-bond acceptors (Lipinski definition) is 7. The second kappa shape index (κ2) is 11.3. The summed E-state index contributed by atoms with van der Waals surface area (Å²) in [6.07, 6.45) is -8.74. The summed E-state index contributed by atoms with van der Waals surface area (Å²) in [5, 5.41) is 23.8. The summed E-state index contributed by atoms with van der Waals surface area (Å²) in [4.78, 5) is 23.0. The number of piperidine rings is 3. The van der Waals surface area contributed by atoms with Gasteiger partial charge in [0.1, 0.15) is 12.5 Å². The number of ether oxygens (including phenoxy) is 1. The van der Waals surface area contributed by atoms with Crippen molar-refractivity contribution in [2.75, 3.05) is 26.2 Å². The number of carboxylic acids is 1. The van der Waals surface area contributed by atoms with Crippen molar-refractivity contribution in [3.63, 3.8) is 0 Å². The first-order valence-corrected chi connectivity index (χ1v) is 13.1. The maximum Gasteiger partial charge on any atom is 0.430 e. The molecule has 2 aromatic heterocycles. The predicted octanol–water partition coefficient (Wildman–Crippen LogP) is 3.84. The zero-order chi connectivity index (χ0) is 27.5. The van der Waals surface area contributed by atoms with Gasteiger partial charge in [0, 0.05) is 31.6 Å². The van der Waals surface area contributed by atoms with E-state index in [0.717, 1.165) is 25.9 Å². The van der Waals surface area contributed by atoms with Crippen LogP contribution in [0.2, 0.25) is 0 Å². The summed E-state index contributed by atoms with van der Waals surface area (Å²) in [6, 6.07) is 6.99. The fraction of sp³-hybridized carbons (Fsp3) is 0.565. The predicted molar refractivity (Wildman–Crippen MR) is 120 cm³/mol. The van der Waals surface area contributed by atoms with Gasteiger partial charge in [-0.25, -0.2) is 4.79 Å². The van der Waals surface area contributed by atoms with Crippen molar-refractivity contribution in [3.8, 4) is 0 Å². The first kappa shape index (κ1) is 29.4. The number of alkyl halides is 6. The highest BCUT2D eigenvalue weighted by Gasteiger charge is 2.51. The highest BCUT2D eigenvalue weighted by Crippen LogP contribution is 2.40. The molecule has 3 aliphatic heterocycles. The number of aliphatic carboxylic acids is 1. The normalized spacial score (nSPS) is 23.8. The Morgan fingerprint density at radius 1 is 1.03 bits per heavy atom. The summed E-state index contributed by atoms with van der Waals surface area (Å²) in [7, 11) is 0. The van der Waals surface area contributed by atoms with Crippen molar-refractivity contribution in [2.24, 2.45) is 5.92 Å². The molecule has 0 aromatic carbocycles. The molecule has 0 saturated carbocycles. The van der Waals surface area contributed by atoms with Crippen molar-refractivity contribution in [1.29, 1.82) is 0 Å².